The Balaban J connectivity index is 2.89. The van der Waals surface area contributed by atoms with Crippen LogP contribution in [0.4, 0.5) is 4.79 Å². The number of rotatable bonds is 12. The number of amides is 3. The lowest BCUT2D eigenvalue weighted by Gasteiger charge is -2.34. The third-order valence-corrected chi connectivity index (χ3v) is 6.01. The highest BCUT2D eigenvalue weighted by Crippen LogP contribution is 2.32. The first-order valence-electron chi connectivity index (χ1n) is 11.0. The molecule has 7 nitrogen and oxygen atoms in total. The molecule has 180 valence electrons. The maximum absolute atomic E-state index is 12.2. The molecular weight excluding hydrogens is 426 g/mol. The van der Waals surface area contributed by atoms with Gasteiger partial charge in [-0.3, -0.25) is 14.4 Å². The molecule has 0 saturated carbocycles. The fourth-order valence-electron chi connectivity index (χ4n) is 3.39. The smallest absolute Gasteiger partial charge is 0.312 e. The number of hydrogen-bond donors (Lipinski definition) is 3. The number of carbonyl (C=O) groups is 3. The molecule has 0 aliphatic heterocycles. The van der Waals surface area contributed by atoms with Crippen molar-refractivity contribution in [2.24, 2.45) is 17.1 Å². The van der Waals surface area contributed by atoms with Crippen LogP contribution in [-0.4, -0.2) is 34.4 Å². The van der Waals surface area contributed by atoms with E-state index in [2.05, 4.69) is 24.6 Å². The van der Waals surface area contributed by atoms with Gasteiger partial charge in [-0.05, 0) is 56.9 Å². The summed E-state index contributed by atoms with van der Waals surface area (Å²) in [5.41, 5.74) is 8.42. The minimum absolute atomic E-state index is 0.0103. The summed E-state index contributed by atoms with van der Waals surface area (Å²) in [5.74, 6) is 0.405. The standard InChI is InChI=1S/C24H39N3O4S/c1-17(28)32-16-19(14-18-10-8-7-9-11-18)20(26-22(25)30)15-24(5,6)13-12-21(29)27-31-23(2,3)4/h7-11,19-20H,12-16H2,1-6H3,(H,27,29)(H3,25,26,30)/t19-,20?/m1/s1. The SMILES string of the molecule is CC(=O)SC[C@@H](Cc1ccccc1)C(CC(C)(C)CCC(=O)NOC(C)(C)C)NC(N)=O. The Kier molecular flexibility index (Phi) is 11.2. The van der Waals surface area contributed by atoms with E-state index in [-0.39, 0.29) is 28.4 Å². The highest BCUT2D eigenvalue weighted by atomic mass is 32.2. The fraction of sp³-hybridized carbons (Fsp3) is 0.625. The first-order valence-corrected chi connectivity index (χ1v) is 12.0. The van der Waals surface area contributed by atoms with E-state index in [1.54, 1.807) is 6.92 Å². The van der Waals surface area contributed by atoms with Gasteiger partial charge in [-0.2, -0.15) is 0 Å². The van der Waals surface area contributed by atoms with Crippen molar-refractivity contribution in [1.29, 1.82) is 0 Å². The quantitative estimate of drug-likeness (QED) is 0.401. The Morgan fingerprint density at radius 2 is 1.72 bits per heavy atom. The lowest BCUT2D eigenvalue weighted by Crippen LogP contribution is -2.47. The third-order valence-electron chi connectivity index (χ3n) is 5.01. The molecule has 0 bridgehead atoms. The topological polar surface area (TPSA) is 111 Å². The summed E-state index contributed by atoms with van der Waals surface area (Å²) in [6.07, 6.45) is 2.25. The fourth-order valence-corrected chi connectivity index (χ4v) is 4.19. The zero-order valence-corrected chi connectivity index (χ0v) is 21.0. The molecule has 3 amide bonds. The van der Waals surface area contributed by atoms with Crippen molar-refractivity contribution in [3.05, 3.63) is 35.9 Å². The number of urea groups is 1. The normalized spacial score (nSPS) is 13.8. The number of carbonyl (C=O) groups excluding carboxylic acids is 3. The van der Waals surface area contributed by atoms with Crippen LogP contribution in [0.25, 0.3) is 0 Å². The molecule has 4 N–H and O–H groups in total. The van der Waals surface area contributed by atoms with E-state index in [9.17, 15) is 14.4 Å². The van der Waals surface area contributed by atoms with Crippen LogP contribution in [0.5, 0.6) is 0 Å². The minimum Gasteiger partial charge on any atom is -0.352 e. The minimum atomic E-state index is -0.590. The van der Waals surface area contributed by atoms with Gasteiger partial charge in [0.1, 0.15) is 0 Å². The lowest BCUT2D eigenvalue weighted by atomic mass is 9.77. The van der Waals surface area contributed by atoms with Crippen molar-refractivity contribution in [3.63, 3.8) is 0 Å². The van der Waals surface area contributed by atoms with Crippen molar-refractivity contribution < 1.29 is 19.2 Å². The molecule has 0 fully saturated rings. The summed E-state index contributed by atoms with van der Waals surface area (Å²) in [6.45, 7) is 11.3. The van der Waals surface area contributed by atoms with Crippen LogP contribution in [-0.2, 0) is 20.8 Å². The maximum Gasteiger partial charge on any atom is 0.312 e. The Bertz CT molecular complexity index is 747. The zero-order chi connectivity index (χ0) is 24.4. The number of benzene rings is 1. The molecule has 1 aromatic rings. The molecule has 1 rings (SSSR count). The van der Waals surface area contributed by atoms with Gasteiger partial charge in [-0.1, -0.05) is 55.9 Å². The Hall–Kier alpha value is -2.06. The summed E-state index contributed by atoms with van der Waals surface area (Å²) in [5, 5.41) is 2.94. The highest BCUT2D eigenvalue weighted by Gasteiger charge is 2.31. The van der Waals surface area contributed by atoms with Crippen LogP contribution in [0.1, 0.15) is 66.4 Å². The monoisotopic (exact) mass is 465 g/mol. The summed E-state index contributed by atoms with van der Waals surface area (Å²) in [7, 11) is 0. The number of nitrogens with one attached hydrogen (secondary N) is 2. The molecule has 0 spiro atoms. The van der Waals surface area contributed by atoms with Crippen LogP contribution in [0, 0.1) is 11.3 Å². The van der Waals surface area contributed by atoms with Gasteiger partial charge in [0.05, 0.1) is 5.60 Å². The molecule has 8 heteroatoms. The van der Waals surface area contributed by atoms with E-state index in [0.717, 1.165) is 5.56 Å². The van der Waals surface area contributed by atoms with Gasteiger partial charge in [0.15, 0.2) is 5.12 Å². The van der Waals surface area contributed by atoms with Crippen molar-refractivity contribution >= 4 is 28.8 Å². The third kappa shape index (κ3) is 12.7. The first kappa shape index (κ1) is 28.0. The molecule has 0 aliphatic carbocycles. The van der Waals surface area contributed by atoms with Gasteiger partial charge in [0.25, 0.3) is 0 Å². The van der Waals surface area contributed by atoms with Crippen LogP contribution in [0.3, 0.4) is 0 Å². The predicted octanol–water partition coefficient (Wildman–Crippen LogP) is 4.20. The molecule has 0 radical (unpaired) electrons. The second-order valence-electron chi connectivity index (χ2n) is 9.98. The van der Waals surface area contributed by atoms with Crippen LogP contribution in [0.2, 0.25) is 0 Å². The summed E-state index contributed by atoms with van der Waals surface area (Å²) in [6, 6.07) is 9.16. The summed E-state index contributed by atoms with van der Waals surface area (Å²) < 4.78 is 0. The van der Waals surface area contributed by atoms with E-state index in [0.29, 0.717) is 31.4 Å². The Morgan fingerprint density at radius 3 is 2.25 bits per heavy atom. The van der Waals surface area contributed by atoms with Crippen molar-refractivity contribution in [3.8, 4) is 0 Å². The largest absolute Gasteiger partial charge is 0.352 e. The summed E-state index contributed by atoms with van der Waals surface area (Å²) >= 11 is 1.26. The van der Waals surface area contributed by atoms with Crippen molar-refractivity contribution in [2.45, 2.75) is 78.9 Å². The molecule has 1 aromatic carbocycles. The molecular formula is C24H39N3O4S. The summed E-state index contributed by atoms with van der Waals surface area (Å²) in [4.78, 5) is 41.0. The second-order valence-corrected chi connectivity index (χ2v) is 11.2. The molecule has 0 saturated heterocycles. The number of nitrogens with two attached hydrogens (primary N) is 1. The molecule has 2 atom stereocenters. The average molecular weight is 466 g/mol. The van der Waals surface area contributed by atoms with Crippen molar-refractivity contribution in [2.75, 3.05) is 5.75 Å². The van der Waals surface area contributed by atoms with Gasteiger partial charge in [0, 0.05) is 25.1 Å². The highest BCUT2D eigenvalue weighted by molar-refractivity contribution is 8.13. The zero-order valence-electron chi connectivity index (χ0n) is 20.2. The van der Waals surface area contributed by atoms with Gasteiger partial charge in [0.2, 0.25) is 5.91 Å². The first-order chi connectivity index (χ1) is 14.8. The maximum atomic E-state index is 12.2. The molecule has 0 aliphatic rings. The molecule has 0 heterocycles. The molecule has 0 aromatic heterocycles. The Morgan fingerprint density at radius 1 is 1.09 bits per heavy atom. The van der Waals surface area contributed by atoms with E-state index >= 15 is 0 Å². The van der Waals surface area contributed by atoms with E-state index in [4.69, 9.17) is 10.6 Å². The number of primary amides is 1. The van der Waals surface area contributed by atoms with Gasteiger partial charge in [-0.15, -0.1) is 0 Å². The van der Waals surface area contributed by atoms with Gasteiger partial charge < -0.3 is 11.1 Å². The average Bonchev–Trinajstić information content (AvgIpc) is 2.67. The number of hydrogen-bond acceptors (Lipinski definition) is 5. The number of hydroxylamine groups is 1. The second kappa shape index (κ2) is 12.8. The van der Waals surface area contributed by atoms with E-state index in [1.165, 1.54) is 11.8 Å². The van der Waals surface area contributed by atoms with E-state index < -0.39 is 11.6 Å². The van der Waals surface area contributed by atoms with E-state index in [1.807, 2.05) is 51.1 Å². The Labute approximate surface area is 196 Å². The van der Waals surface area contributed by atoms with Crippen LogP contribution in [0.15, 0.2) is 30.3 Å². The molecule has 32 heavy (non-hydrogen) atoms. The number of thioether (sulfide) groups is 1. The predicted molar refractivity (Wildman–Crippen MR) is 130 cm³/mol. The lowest BCUT2D eigenvalue weighted by molar-refractivity contribution is -0.146. The van der Waals surface area contributed by atoms with Gasteiger partial charge >= 0.3 is 6.03 Å². The molecule has 1 unspecified atom stereocenters. The van der Waals surface area contributed by atoms with Crippen molar-refractivity contribution in [1.82, 2.24) is 10.8 Å². The van der Waals surface area contributed by atoms with Gasteiger partial charge in [-0.25, -0.2) is 10.3 Å². The van der Waals surface area contributed by atoms with Crippen LogP contribution >= 0.6 is 11.8 Å². The van der Waals surface area contributed by atoms with Crippen LogP contribution < -0.4 is 16.5 Å².